The van der Waals surface area contributed by atoms with Crippen molar-refractivity contribution in [2.24, 2.45) is 0 Å². The third kappa shape index (κ3) is 4.24. The summed E-state index contributed by atoms with van der Waals surface area (Å²) in [6.07, 6.45) is 0.466. The number of anilines is 1. The normalized spacial score (nSPS) is 17.3. The monoisotopic (exact) mass is 497 g/mol. The zero-order valence-electron chi connectivity index (χ0n) is 18.8. The molecule has 2 aromatic carbocycles. The zero-order chi connectivity index (χ0) is 23.8. The molecule has 0 saturated carbocycles. The number of hydrogen-bond acceptors (Lipinski definition) is 7. The molecule has 2 aliphatic heterocycles. The highest BCUT2D eigenvalue weighted by Gasteiger charge is 2.33. The molecule has 1 atom stereocenters. The van der Waals surface area contributed by atoms with Crippen LogP contribution in [0.3, 0.4) is 0 Å². The van der Waals surface area contributed by atoms with Crippen molar-refractivity contribution < 1.29 is 19.1 Å². The SMILES string of the molecule is CCN1CCc2c(sc3c2C(=O)NC(c2ccc(OC(=O)c4ccc(Cl)cc4)c(OC)c2)N3)C1. The van der Waals surface area contributed by atoms with Gasteiger partial charge in [0.2, 0.25) is 0 Å². The summed E-state index contributed by atoms with van der Waals surface area (Å²) in [5, 5.41) is 7.97. The van der Waals surface area contributed by atoms with Gasteiger partial charge in [-0.05, 0) is 60.5 Å². The largest absolute Gasteiger partial charge is 0.493 e. The van der Waals surface area contributed by atoms with E-state index in [0.29, 0.717) is 22.1 Å². The van der Waals surface area contributed by atoms with Crippen LogP contribution in [0.5, 0.6) is 11.5 Å². The van der Waals surface area contributed by atoms with Crippen molar-refractivity contribution in [2.75, 3.05) is 25.5 Å². The van der Waals surface area contributed by atoms with Gasteiger partial charge in [0.1, 0.15) is 11.2 Å². The Balaban J connectivity index is 1.37. The Morgan fingerprint density at radius 2 is 1.97 bits per heavy atom. The van der Waals surface area contributed by atoms with Gasteiger partial charge in [0.15, 0.2) is 11.5 Å². The lowest BCUT2D eigenvalue weighted by molar-refractivity contribution is 0.0729. The first-order valence-corrected chi connectivity index (χ1v) is 12.3. The van der Waals surface area contributed by atoms with Crippen LogP contribution in [0, 0.1) is 0 Å². The molecule has 3 aromatic rings. The quantitative estimate of drug-likeness (QED) is 0.387. The average molecular weight is 498 g/mol. The van der Waals surface area contributed by atoms with Crippen LogP contribution >= 0.6 is 22.9 Å². The second kappa shape index (κ2) is 9.29. The Morgan fingerprint density at radius 3 is 2.71 bits per heavy atom. The topological polar surface area (TPSA) is 79.9 Å². The molecule has 3 heterocycles. The van der Waals surface area contributed by atoms with Crippen LogP contribution in [0.25, 0.3) is 0 Å². The van der Waals surface area contributed by atoms with Crippen molar-refractivity contribution in [1.82, 2.24) is 10.2 Å². The molecule has 1 amide bonds. The molecule has 9 heteroatoms. The van der Waals surface area contributed by atoms with Gasteiger partial charge >= 0.3 is 5.97 Å². The number of nitrogens with one attached hydrogen (secondary N) is 2. The number of hydrogen-bond donors (Lipinski definition) is 2. The van der Waals surface area contributed by atoms with Crippen molar-refractivity contribution in [3.8, 4) is 11.5 Å². The van der Waals surface area contributed by atoms with E-state index in [-0.39, 0.29) is 5.91 Å². The van der Waals surface area contributed by atoms with E-state index in [4.69, 9.17) is 21.1 Å². The van der Waals surface area contributed by atoms with Gasteiger partial charge in [0, 0.05) is 23.0 Å². The van der Waals surface area contributed by atoms with E-state index in [1.807, 2.05) is 6.07 Å². The van der Waals surface area contributed by atoms with E-state index in [1.54, 1.807) is 47.7 Å². The minimum atomic E-state index is -0.512. The fraction of sp³-hybridized carbons (Fsp3) is 0.280. The predicted molar refractivity (Wildman–Crippen MR) is 132 cm³/mol. The van der Waals surface area contributed by atoms with E-state index in [2.05, 4.69) is 22.5 Å². The molecule has 1 aromatic heterocycles. The van der Waals surface area contributed by atoms with E-state index in [9.17, 15) is 9.59 Å². The van der Waals surface area contributed by atoms with Gasteiger partial charge in [0.05, 0.1) is 18.2 Å². The number of benzene rings is 2. The Labute approximate surface area is 206 Å². The van der Waals surface area contributed by atoms with E-state index >= 15 is 0 Å². The van der Waals surface area contributed by atoms with Crippen LogP contribution in [0.2, 0.25) is 5.02 Å². The molecule has 7 nitrogen and oxygen atoms in total. The first-order valence-electron chi connectivity index (χ1n) is 11.1. The lowest BCUT2D eigenvalue weighted by atomic mass is 10.0. The number of carbonyl (C=O) groups is 2. The van der Waals surface area contributed by atoms with Crippen molar-refractivity contribution >= 4 is 39.8 Å². The number of carbonyl (C=O) groups excluding carboxylic acids is 2. The van der Waals surface area contributed by atoms with Crippen LogP contribution in [0.4, 0.5) is 5.00 Å². The van der Waals surface area contributed by atoms with E-state index in [1.165, 1.54) is 12.0 Å². The number of fused-ring (bicyclic) bond motifs is 3. The maximum Gasteiger partial charge on any atom is 0.343 e. The second-order valence-corrected chi connectivity index (χ2v) is 9.73. The molecule has 2 aliphatic rings. The molecule has 1 unspecified atom stereocenters. The molecule has 0 bridgehead atoms. The third-order valence-electron chi connectivity index (χ3n) is 6.16. The first-order chi connectivity index (χ1) is 16.5. The minimum Gasteiger partial charge on any atom is -0.493 e. The number of ether oxygens (including phenoxy) is 2. The summed E-state index contributed by atoms with van der Waals surface area (Å²) < 4.78 is 11.0. The molecule has 0 fully saturated rings. The summed E-state index contributed by atoms with van der Waals surface area (Å²) in [6, 6.07) is 11.7. The zero-order valence-corrected chi connectivity index (χ0v) is 20.4. The summed E-state index contributed by atoms with van der Waals surface area (Å²) >= 11 is 7.55. The summed E-state index contributed by atoms with van der Waals surface area (Å²) in [5.41, 5.74) is 3.11. The number of amides is 1. The summed E-state index contributed by atoms with van der Waals surface area (Å²) in [7, 11) is 1.51. The molecular weight excluding hydrogens is 474 g/mol. The first kappa shape index (κ1) is 22.7. The molecule has 0 radical (unpaired) electrons. The Hall–Kier alpha value is -3.07. The van der Waals surface area contributed by atoms with Crippen LogP contribution in [0.1, 0.15) is 49.8 Å². The maximum atomic E-state index is 13.0. The summed E-state index contributed by atoms with van der Waals surface area (Å²) in [4.78, 5) is 29.2. The average Bonchev–Trinajstić information content (AvgIpc) is 3.22. The standard InChI is InChI=1S/C25H24ClN3O4S/c1-3-29-11-10-17-20(13-29)34-24-21(17)23(30)27-22(28-24)15-6-9-18(19(12-15)32-2)33-25(31)14-4-7-16(26)8-5-14/h4-9,12,22,28H,3,10-11,13H2,1-2H3,(H,27,30). The summed E-state index contributed by atoms with van der Waals surface area (Å²) in [5.74, 6) is 0.103. The molecule has 34 heavy (non-hydrogen) atoms. The number of likely N-dealkylation sites (N-methyl/N-ethyl adjacent to an activating group) is 1. The lowest BCUT2D eigenvalue weighted by Crippen LogP contribution is -2.38. The smallest absolute Gasteiger partial charge is 0.343 e. The van der Waals surface area contributed by atoms with Gasteiger partial charge in [-0.2, -0.15) is 0 Å². The van der Waals surface area contributed by atoms with Gasteiger partial charge < -0.3 is 20.1 Å². The number of esters is 1. The van der Waals surface area contributed by atoms with Gasteiger partial charge in [-0.15, -0.1) is 11.3 Å². The van der Waals surface area contributed by atoms with Crippen molar-refractivity contribution in [2.45, 2.75) is 26.1 Å². The number of thiophene rings is 1. The highest BCUT2D eigenvalue weighted by Crippen LogP contribution is 2.41. The number of methoxy groups -OCH3 is 1. The van der Waals surface area contributed by atoms with Gasteiger partial charge in [-0.25, -0.2) is 4.79 Å². The van der Waals surface area contributed by atoms with Gasteiger partial charge in [-0.3, -0.25) is 9.69 Å². The Morgan fingerprint density at radius 1 is 1.18 bits per heavy atom. The van der Waals surface area contributed by atoms with Crippen molar-refractivity contribution in [3.63, 3.8) is 0 Å². The number of halogens is 1. The fourth-order valence-electron chi connectivity index (χ4n) is 4.30. The predicted octanol–water partition coefficient (Wildman–Crippen LogP) is 4.86. The van der Waals surface area contributed by atoms with Crippen LogP contribution in [0.15, 0.2) is 42.5 Å². The van der Waals surface area contributed by atoms with Gasteiger partial charge in [-0.1, -0.05) is 24.6 Å². The molecule has 0 aliphatic carbocycles. The lowest BCUT2D eigenvalue weighted by Gasteiger charge is -2.28. The Bertz CT molecular complexity index is 1260. The van der Waals surface area contributed by atoms with Crippen molar-refractivity contribution in [3.05, 3.63) is 74.6 Å². The number of nitrogens with zero attached hydrogens (tertiary/aromatic N) is 1. The number of rotatable bonds is 5. The van der Waals surface area contributed by atoms with Crippen molar-refractivity contribution in [1.29, 1.82) is 0 Å². The summed E-state index contributed by atoms with van der Waals surface area (Å²) in [6.45, 7) is 5.00. The van der Waals surface area contributed by atoms with Crippen LogP contribution < -0.4 is 20.1 Å². The molecule has 176 valence electrons. The highest BCUT2D eigenvalue weighted by molar-refractivity contribution is 7.16. The molecule has 5 rings (SSSR count). The highest BCUT2D eigenvalue weighted by atomic mass is 35.5. The molecule has 0 spiro atoms. The van der Waals surface area contributed by atoms with Crippen LogP contribution in [-0.4, -0.2) is 37.0 Å². The molecule has 2 N–H and O–H groups in total. The minimum absolute atomic E-state index is 0.0709. The fourth-order valence-corrected chi connectivity index (χ4v) is 5.74. The molecular formula is C25H24ClN3O4S. The Kier molecular flexibility index (Phi) is 6.20. The van der Waals surface area contributed by atoms with E-state index < -0.39 is 12.1 Å². The van der Waals surface area contributed by atoms with Crippen LogP contribution in [-0.2, 0) is 13.0 Å². The maximum absolute atomic E-state index is 13.0. The second-order valence-electron chi connectivity index (χ2n) is 8.18. The molecule has 0 saturated heterocycles. The van der Waals surface area contributed by atoms with E-state index in [0.717, 1.165) is 47.7 Å². The third-order valence-corrected chi connectivity index (χ3v) is 7.56. The van der Waals surface area contributed by atoms with Gasteiger partial charge in [0.25, 0.3) is 5.91 Å².